The number of non-ortho nitro benzene ring substituents is 1. The van der Waals surface area contributed by atoms with Gasteiger partial charge in [-0.2, -0.15) is 13.2 Å². The number of thiocarbonyl (C=S) groups is 1. The largest absolute Gasteiger partial charge is 0.416 e. The minimum absolute atomic E-state index is 0.0272. The number of rotatable bonds is 3. The highest BCUT2D eigenvalue weighted by molar-refractivity contribution is 8.27. The molecule has 0 radical (unpaired) electrons. The zero-order chi connectivity index (χ0) is 19.8. The summed E-state index contributed by atoms with van der Waals surface area (Å²) < 4.78 is 38.8. The number of thioether (sulfide) groups is 1. The Morgan fingerprint density at radius 2 is 1.81 bits per heavy atom. The second-order valence-electron chi connectivity index (χ2n) is 5.41. The van der Waals surface area contributed by atoms with Gasteiger partial charge in [-0.25, -0.2) is 0 Å². The van der Waals surface area contributed by atoms with Crippen molar-refractivity contribution in [3.63, 3.8) is 0 Å². The van der Waals surface area contributed by atoms with E-state index in [1.807, 2.05) is 0 Å². The first-order chi connectivity index (χ1) is 12.7. The van der Waals surface area contributed by atoms with Crippen LogP contribution in [0.5, 0.6) is 0 Å². The maximum absolute atomic E-state index is 12.9. The summed E-state index contributed by atoms with van der Waals surface area (Å²) in [7, 11) is 0. The van der Waals surface area contributed by atoms with E-state index in [0.29, 0.717) is 5.56 Å². The molecule has 1 aliphatic rings. The molecule has 1 saturated heterocycles. The SMILES string of the molecule is O=C1/C(=C\c2ccc([N+](=O)[O-])cc2)SC(=S)N1c1cccc(C(F)(F)F)c1. The van der Waals surface area contributed by atoms with Crippen LogP contribution in [0.1, 0.15) is 11.1 Å². The zero-order valence-corrected chi connectivity index (χ0v) is 14.9. The molecule has 1 aliphatic heterocycles. The summed E-state index contributed by atoms with van der Waals surface area (Å²) >= 11 is 6.09. The maximum atomic E-state index is 12.9. The molecular weight excluding hydrogens is 401 g/mol. The molecule has 138 valence electrons. The van der Waals surface area contributed by atoms with Crippen LogP contribution in [0.25, 0.3) is 6.08 Å². The standard InChI is InChI=1S/C17H9F3N2O3S2/c18-17(19,20)11-2-1-3-13(9-11)21-15(23)14(27-16(21)26)8-10-4-6-12(7-5-10)22(24)25/h1-9H/b14-8+. The molecule has 5 nitrogen and oxygen atoms in total. The third-order valence-corrected chi connectivity index (χ3v) is 4.93. The third kappa shape index (κ3) is 4.01. The van der Waals surface area contributed by atoms with E-state index in [2.05, 4.69) is 0 Å². The molecule has 0 atom stereocenters. The van der Waals surface area contributed by atoms with E-state index < -0.39 is 22.6 Å². The highest BCUT2D eigenvalue weighted by Gasteiger charge is 2.36. The number of hydrogen-bond acceptors (Lipinski definition) is 5. The number of nitro benzene ring substituents is 1. The number of amides is 1. The van der Waals surface area contributed by atoms with E-state index in [0.717, 1.165) is 28.8 Å². The Morgan fingerprint density at radius 1 is 1.15 bits per heavy atom. The Balaban J connectivity index is 1.90. The van der Waals surface area contributed by atoms with Gasteiger partial charge in [0.2, 0.25) is 0 Å². The number of carbonyl (C=O) groups is 1. The van der Waals surface area contributed by atoms with Crippen molar-refractivity contribution < 1.29 is 22.9 Å². The number of nitro groups is 1. The Hall–Kier alpha value is -2.72. The molecule has 27 heavy (non-hydrogen) atoms. The van der Waals surface area contributed by atoms with Gasteiger partial charge in [0.1, 0.15) is 0 Å². The molecule has 0 aliphatic carbocycles. The van der Waals surface area contributed by atoms with Crippen molar-refractivity contribution in [2.45, 2.75) is 6.18 Å². The van der Waals surface area contributed by atoms with Crippen molar-refractivity contribution >= 4 is 51.7 Å². The summed E-state index contributed by atoms with van der Waals surface area (Å²) in [5, 5.41) is 10.7. The van der Waals surface area contributed by atoms with Gasteiger partial charge in [-0.3, -0.25) is 19.8 Å². The van der Waals surface area contributed by atoms with Gasteiger partial charge >= 0.3 is 6.18 Å². The van der Waals surface area contributed by atoms with Gasteiger partial charge in [-0.15, -0.1) is 0 Å². The molecule has 1 heterocycles. The molecule has 0 aromatic heterocycles. The minimum Gasteiger partial charge on any atom is -0.268 e. The number of alkyl halides is 3. The predicted octanol–water partition coefficient (Wildman–Crippen LogP) is 5.02. The molecule has 1 fully saturated rings. The second kappa shape index (κ2) is 7.12. The number of nitrogens with zero attached hydrogens (tertiary/aromatic N) is 2. The van der Waals surface area contributed by atoms with Crippen LogP contribution in [0.2, 0.25) is 0 Å². The van der Waals surface area contributed by atoms with Gasteiger partial charge in [0.05, 0.1) is 21.1 Å². The van der Waals surface area contributed by atoms with Gasteiger partial charge < -0.3 is 0 Å². The summed E-state index contributed by atoms with van der Waals surface area (Å²) in [6, 6.07) is 9.86. The van der Waals surface area contributed by atoms with Crippen molar-refractivity contribution in [3.05, 3.63) is 74.7 Å². The van der Waals surface area contributed by atoms with E-state index in [9.17, 15) is 28.1 Å². The van der Waals surface area contributed by atoms with Crippen molar-refractivity contribution in [1.29, 1.82) is 0 Å². The van der Waals surface area contributed by atoms with E-state index in [1.54, 1.807) is 0 Å². The monoisotopic (exact) mass is 410 g/mol. The van der Waals surface area contributed by atoms with Crippen LogP contribution in [0.15, 0.2) is 53.4 Å². The lowest BCUT2D eigenvalue weighted by atomic mass is 10.1. The first-order valence-electron chi connectivity index (χ1n) is 7.36. The van der Waals surface area contributed by atoms with Crippen LogP contribution in [0.4, 0.5) is 24.5 Å². The van der Waals surface area contributed by atoms with Crippen LogP contribution < -0.4 is 4.90 Å². The van der Waals surface area contributed by atoms with E-state index in [4.69, 9.17) is 12.2 Å². The molecule has 2 aromatic rings. The highest BCUT2D eigenvalue weighted by Crippen LogP contribution is 2.38. The van der Waals surface area contributed by atoms with Crippen molar-refractivity contribution in [2.24, 2.45) is 0 Å². The van der Waals surface area contributed by atoms with Crippen molar-refractivity contribution in [1.82, 2.24) is 0 Å². The predicted molar refractivity (Wildman–Crippen MR) is 100 cm³/mol. The lowest BCUT2D eigenvalue weighted by molar-refractivity contribution is -0.384. The van der Waals surface area contributed by atoms with E-state index in [-0.39, 0.29) is 20.6 Å². The fourth-order valence-electron chi connectivity index (χ4n) is 2.36. The topological polar surface area (TPSA) is 63.4 Å². The van der Waals surface area contributed by atoms with E-state index >= 15 is 0 Å². The quantitative estimate of drug-likeness (QED) is 0.308. The molecule has 0 bridgehead atoms. The molecule has 2 aromatic carbocycles. The van der Waals surface area contributed by atoms with Gasteiger partial charge in [-0.05, 0) is 42.0 Å². The van der Waals surface area contributed by atoms with Crippen LogP contribution in [0, 0.1) is 10.1 Å². The maximum Gasteiger partial charge on any atom is 0.416 e. The lowest BCUT2D eigenvalue weighted by Gasteiger charge is -2.16. The molecule has 0 unspecified atom stereocenters. The van der Waals surface area contributed by atoms with Crippen LogP contribution in [-0.2, 0) is 11.0 Å². The van der Waals surface area contributed by atoms with Gasteiger partial charge in [-0.1, -0.05) is 30.0 Å². The molecule has 3 rings (SSSR count). The summed E-state index contributed by atoms with van der Waals surface area (Å²) in [6.07, 6.45) is -3.05. The van der Waals surface area contributed by atoms with Gasteiger partial charge in [0.15, 0.2) is 4.32 Å². The fourth-order valence-corrected chi connectivity index (χ4v) is 3.65. The Bertz CT molecular complexity index is 972. The molecule has 10 heteroatoms. The summed E-state index contributed by atoms with van der Waals surface area (Å²) in [5.41, 5.74) is -0.415. The van der Waals surface area contributed by atoms with Crippen LogP contribution >= 0.6 is 24.0 Å². The average molecular weight is 410 g/mol. The number of anilines is 1. The Morgan fingerprint density at radius 3 is 2.41 bits per heavy atom. The smallest absolute Gasteiger partial charge is 0.268 e. The van der Waals surface area contributed by atoms with Crippen LogP contribution in [-0.4, -0.2) is 15.2 Å². The van der Waals surface area contributed by atoms with E-state index in [1.165, 1.54) is 42.5 Å². The highest BCUT2D eigenvalue weighted by atomic mass is 32.2. The lowest BCUT2D eigenvalue weighted by Crippen LogP contribution is -2.27. The summed E-state index contributed by atoms with van der Waals surface area (Å²) in [5.74, 6) is -0.553. The minimum atomic E-state index is -4.54. The van der Waals surface area contributed by atoms with Gasteiger partial charge in [0.25, 0.3) is 11.6 Å². The number of halogens is 3. The molecular formula is C17H9F3N2O3S2. The normalized spacial score (nSPS) is 16.3. The number of hydrogen-bond donors (Lipinski definition) is 0. The fraction of sp³-hybridized carbons (Fsp3) is 0.0588. The third-order valence-electron chi connectivity index (χ3n) is 3.63. The number of carbonyl (C=O) groups excluding carboxylic acids is 1. The Labute approximate surface area is 160 Å². The molecule has 0 N–H and O–H groups in total. The first-order valence-corrected chi connectivity index (χ1v) is 8.59. The first kappa shape index (κ1) is 19.1. The van der Waals surface area contributed by atoms with Crippen LogP contribution in [0.3, 0.4) is 0 Å². The average Bonchev–Trinajstić information content (AvgIpc) is 2.88. The van der Waals surface area contributed by atoms with Crippen molar-refractivity contribution in [3.8, 4) is 0 Å². The van der Waals surface area contributed by atoms with Crippen molar-refractivity contribution in [2.75, 3.05) is 4.90 Å². The summed E-state index contributed by atoms with van der Waals surface area (Å²) in [6.45, 7) is 0. The Kier molecular flexibility index (Phi) is 5.03. The zero-order valence-electron chi connectivity index (χ0n) is 13.3. The molecule has 1 amide bonds. The summed E-state index contributed by atoms with van der Waals surface area (Å²) in [4.78, 5) is 24.0. The number of benzene rings is 2. The molecule has 0 spiro atoms. The second-order valence-corrected chi connectivity index (χ2v) is 7.09. The molecule has 0 saturated carbocycles. The van der Waals surface area contributed by atoms with Gasteiger partial charge in [0, 0.05) is 12.1 Å².